The minimum atomic E-state index is -1.14. The second-order valence-electron chi connectivity index (χ2n) is 4.19. The lowest BCUT2D eigenvalue weighted by Crippen LogP contribution is -2.24. The van der Waals surface area contributed by atoms with E-state index in [1.54, 1.807) is 0 Å². The molecule has 0 aliphatic carbocycles. The number of rotatable bonds is 4. The molecule has 0 fully saturated rings. The molecule has 5 nitrogen and oxygen atoms in total. The van der Waals surface area contributed by atoms with E-state index in [0.717, 1.165) is 16.7 Å². The van der Waals surface area contributed by atoms with E-state index in [2.05, 4.69) is 12.0 Å². The molecule has 5 heteroatoms. The maximum absolute atomic E-state index is 11.6. The average molecular weight is 258 g/mol. The number of hydrogen-bond donors (Lipinski definition) is 1. The molecule has 1 N–H and O–H groups in total. The Morgan fingerprint density at radius 1 is 1.16 bits per heavy atom. The predicted molar refractivity (Wildman–Crippen MR) is 70.4 cm³/mol. The van der Waals surface area contributed by atoms with Crippen molar-refractivity contribution in [1.29, 1.82) is 0 Å². The molecule has 1 aromatic heterocycles. The van der Waals surface area contributed by atoms with Crippen LogP contribution in [-0.2, 0) is 13.0 Å². The summed E-state index contributed by atoms with van der Waals surface area (Å²) in [7, 11) is 0. The van der Waals surface area contributed by atoms with Crippen LogP contribution in [0, 0.1) is 0 Å². The summed E-state index contributed by atoms with van der Waals surface area (Å²) in [4.78, 5) is 22.5. The maximum Gasteiger partial charge on any atom is 0.356 e. The van der Waals surface area contributed by atoms with Crippen LogP contribution in [0.1, 0.15) is 28.5 Å². The molecule has 98 valence electrons. The Bertz CT molecular complexity index is 644. The van der Waals surface area contributed by atoms with E-state index in [1.807, 2.05) is 24.3 Å². The van der Waals surface area contributed by atoms with Crippen molar-refractivity contribution < 1.29 is 9.90 Å². The molecule has 19 heavy (non-hydrogen) atoms. The Labute approximate surface area is 110 Å². The number of aryl methyl sites for hydroxylation is 1. The van der Waals surface area contributed by atoms with Crippen molar-refractivity contribution in [2.24, 2.45) is 0 Å². The Morgan fingerprint density at radius 3 is 2.37 bits per heavy atom. The van der Waals surface area contributed by atoms with Gasteiger partial charge in [-0.05, 0) is 23.6 Å². The fourth-order valence-corrected chi connectivity index (χ4v) is 1.73. The summed E-state index contributed by atoms with van der Waals surface area (Å²) in [5.41, 5.74) is 1.67. The summed E-state index contributed by atoms with van der Waals surface area (Å²) in [6, 6.07) is 10.2. The van der Waals surface area contributed by atoms with Crippen molar-refractivity contribution >= 4 is 5.97 Å². The van der Waals surface area contributed by atoms with Gasteiger partial charge in [0, 0.05) is 6.07 Å². The first-order valence-corrected chi connectivity index (χ1v) is 5.99. The molecule has 0 unspecified atom stereocenters. The van der Waals surface area contributed by atoms with Gasteiger partial charge in [0.25, 0.3) is 5.56 Å². The third-order valence-corrected chi connectivity index (χ3v) is 2.85. The Hall–Kier alpha value is -2.43. The van der Waals surface area contributed by atoms with Crippen LogP contribution in [-0.4, -0.2) is 20.9 Å². The molecular formula is C14H14N2O3. The smallest absolute Gasteiger partial charge is 0.356 e. The molecule has 2 aromatic rings. The van der Waals surface area contributed by atoms with Crippen LogP contribution in [0.15, 0.2) is 41.2 Å². The molecule has 0 aliphatic heterocycles. The summed E-state index contributed by atoms with van der Waals surface area (Å²) in [6.45, 7) is 2.33. The molecule has 0 bridgehead atoms. The summed E-state index contributed by atoms with van der Waals surface area (Å²) < 4.78 is 1.16. The lowest BCUT2D eigenvalue weighted by molar-refractivity contribution is 0.0687. The van der Waals surface area contributed by atoms with Crippen LogP contribution in [0.2, 0.25) is 0 Å². The number of hydrogen-bond acceptors (Lipinski definition) is 3. The van der Waals surface area contributed by atoms with Crippen LogP contribution in [0.5, 0.6) is 0 Å². The first-order chi connectivity index (χ1) is 9.10. The van der Waals surface area contributed by atoms with E-state index in [-0.39, 0.29) is 17.8 Å². The third-order valence-electron chi connectivity index (χ3n) is 2.85. The van der Waals surface area contributed by atoms with E-state index < -0.39 is 5.97 Å². The summed E-state index contributed by atoms with van der Waals surface area (Å²) >= 11 is 0. The zero-order valence-corrected chi connectivity index (χ0v) is 10.5. The van der Waals surface area contributed by atoms with Gasteiger partial charge in [-0.3, -0.25) is 4.79 Å². The Kier molecular flexibility index (Phi) is 3.75. The summed E-state index contributed by atoms with van der Waals surface area (Å²) in [5.74, 6) is -1.14. The predicted octanol–water partition coefficient (Wildman–Crippen LogP) is 1.55. The monoisotopic (exact) mass is 258 g/mol. The molecule has 0 saturated carbocycles. The van der Waals surface area contributed by atoms with Crippen LogP contribution >= 0.6 is 0 Å². The third kappa shape index (κ3) is 3.07. The Balaban J connectivity index is 2.29. The molecule has 0 saturated heterocycles. The van der Waals surface area contributed by atoms with Gasteiger partial charge < -0.3 is 5.11 Å². The van der Waals surface area contributed by atoms with Crippen molar-refractivity contribution in [3.63, 3.8) is 0 Å². The second kappa shape index (κ2) is 5.48. The SMILES string of the molecule is CCc1ccc(Cn2nc(C(=O)O)ccc2=O)cc1. The largest absolute Gasteiger partial charge is 0.476 e. The molecule has 1 aromatic carbocycles. The van der Waals surface area contributed by atoms with E-state index in [0.29, 0.717) is 0 Å². The number of nitrogens with zero attached hydrogens (tertiary/aromatic N) is 2. The highest BCUT2D eigenvalue weighted by Gasteiger charge is 2.07. The quantitative estimate of drug-likeness (QED) is 0.903. The molecule has 1 heterocycles. The number of benzene rings is 1. The maximum atomic E-state index is 11.6. The fourth-order valence-electron chi connectivity index (χ4n) is 1.73. The highest BCUT2D eigenvalue weighted by molar-refractivity contribution is 5.84. The fraction of sp³-hybridized carbons (Fsp3) is 0.214. The number of aromatic carboxylic acids is 1. The van der Waals surface area contributed by atoms with E-state index in [9.17, 15) is 9.59 Å². The lowest BCUT2D eigenvalue weighted by atomic mass is 10.1. The van der Waals surface area contributed by atoms with Crippen LogP contribution in [0.25, 0.3) is 0 Å². The lowest BCUT2D eigenvalue weighted by Gasteiger charge is -2.06. The van der Waals surface area contributed by atoms with Gasteiger partial charge >= 0.3 is 5.97 Å². The Morgan fingerprint density at radius 2 is 1.79 bits per heavy atom. The molecule has 0 spiro atoms. The molecule has 0 amide bonds. The van der Waals surface area contributed by atoms with E-state index >= 15 is 0 Å². The topological polar surface area (TPSA) is 72.2 Å². The van der Waals surface area contributed by atoms with Gasteiger partial charge in [-0.2, -0.15) is 5.10 Å². The first-order valence-electron chi connectivity index (χ1n) is 5.99. The van der Waals surface area contributed by atoms with Gasteiger partial charge in [-0.1, -0.05) is 31.2 Å². The summed E-state index contributed by atoms with van der Waals surface area (Å²) in [5, 5.41) is 12.7. The minimum Gasteiger partial charge on any atom is -0.476 e. The van der Waals surface area contributed by atoms with Crippen molar-refractivity contribution in [3.05, 3.63) is 63.6 Å². The van der Waals surface area contributed by atoms with Gasteiger partial charge in [0.05, 0.1) is 6.54 Å². The van der Waals surface area contributed by atoms with Gasteiger partial charge in [0.15, 0.2) is 5.69 Å². The van der Waals surface area contributed by atoms with Crippen molar-refractivity contribution in [1.82, 2.24) is 9.78 Å². The van der Waals surface area contributed by atoms with Crippen molar-refractivity contribution in [3.8, 4) is 0 Å². The van der Waals surface area contributed by atoms with Crippen LogP contribution in [0.3, 0.4) is 0 Å². The van der Waals surface area contributed by atoms with Crippen molar-refractivity contribution in [2.75, 3.05) is 0 Å². The first kappa shape index (κ1) is 13.0. The number of carboxylic acid groups (broad SMARTS) is 1. The summed E-state index contributed by atoms with van der Waals surface area (Å²) in [6.07, 6.45) is 0.951. The van der Waals surface area contributed by atoms with Gasteiger partial charge in [0.2, 0.25) is 0 Å². The molecule has 2 rings (SSSR count). The van der Waals surface area contributed by atoms with Crippen LogP contribution < -0.4 is 5.56 Å². The van der Waals surface area contributed by atoms with E-state index in [1.165, 1.54) is 17.7 Å². The van der Waals surface area contributed by atoms with Gasteiger partial charge in [-0.25, -0.2) is 9.48 Å². The molecule has 0 radical (unpaired) electrons. The number of carboxylic acids is 1. The van der Waals surface area contributed by atoms with Gasteiger partial charge in [-0.15, -0.1) is 0 Å². The highest BCUT2D eigenvalue weighted by atomic mass is 16.4. The van der Waals surface area contributed by atoms with Crippen LogP contribution in [0.4, 0.5) is 0 Å². The highest BCUT2D eigenvalue weighted by Crippen LogP contribution is 2.05. The second-order valence-corrected chi connectivity index (χ2v) is 4.19. The van der Waals surface area contributed by atoms with Gasteiger partial charge in [0.1, 0.15) is 0 Å². The number of aromatic nitrogens is 2. The zero-order valence-electron chi connectivity index (χ0n) is 10.5. The normalized spacial score (nSPS) is 10.4. The molecular weight excluding hydrogens is 244 g/mol. The average Bonchev–Trinajstić information content (AvgIpc) is 2.42. The minimum absolute atomic E-state index is 0.134. The molecule has 0 aliphatic rings. The molecule has 0 atom stereocenters. The standard InChI is InChI=1S/C14H14N2O3/c1-2-10-3-5-11(6-4-10)9-16-13(17)8-7-12(15-16)14(18)19/h3-8H,2,9H2,1H3,(H,18,19). The zero-order chi connectivity index (χ0) is 13.8. The van der Waals surface area contributed by atoms with Crippen molar-refractivity contribution in [2.45, 2.75) is 19.9 Å². The number of carbonyl (C=O) groups is 1. The van der Waals surface area contributed by atoms with E-state index in [4.69, 9.17) is 5.11 Å².